The lowest BCUT2D eigenvalue weighted by Crippen LogP contribution is -2.43. The first kappa shape index (κ1) is 22.9. The van der Waals surface area contributed by atoms with E-state index in [1.54, 1.807) is 24.3 Å². The summed E-state index contributed by atoms with van der Waals surface area (Å²) in [5.74, 6) is -1.08. The molecule has 0 atom stereocenters. The van der Waals surface area contributed by atoms with E-state index >= 15 is 0 Å². The topological polar surface area (TPSA) is 93.1 Å². The van der Waals surface area contributed by atoms with Crippen molar-refractivity contribution in [3.8, 4) is 0 Å². The molecule has 2 N–H and O–H groups in total. The zero-order chi connectivity index (χ0) is 23.9. The number of nitrogens with one attached hydrogen (secondary N) is 2. The molecule has 0 aliphatic heterocycles. The maximum atomic E-state index is 13.0. The van der Waals surface area contributed by atoms with Gasteiger partial charge in [-0.2, -0.15) is 5.10 Å². The number of hydrogen-bond acceptors (Lipinski definition) is 4. The van der Waals surface area contributed by atoms with Gasteiger partial charge >= 0.3 is 0 Å². The van der Waals surface area contributed by atoms with Gasteiger partial charge in [0.25, 0.3) is 11.5 Å². The Morgan fingerprint density at radius 2 is 1.38 bits per heavy atom. The summed E-state index contributed by atoms with van der Waals surface area (Å²) in [5, 5.41) is 5.12. The summed E-state index contributed by atoms with van der Waals surface area (Å²) < 4.78 is 1.29. The average molecular weight is 455 g/mol. The molecule has 4 rings (SSSR count). The number of carbonyl (C=O) groups is 2. The maximum absolute atomic E-state index is 13.0. The Hall–Kier alpha value is -4.26. The number of fused-ring (bicyclic) bond motifs is 1. The van der Waals surface area contributed by atoms with E-state index in [-0.39, 0.29) is 29.5 Å². The van der Waals surface area contributed by atoms with Gasteiger partial charge in [-0.05, 0) is 23.6 Å². The summed E-state index contributed by atoms with van der Waals surface area (Å²) >= 11 is 0. The second-order valence-corrected chi connectivity index (χ2v) is 8.00. The van der Waals surface area contributed by atoms with E-state index in [2.05, 4.69) is 16.0 Å². The van der Waals surface area contributed by atoms with Crippen LogP contribution in [0.15, 0.2) is 89.7 Å². The van der Waals surface area contributed by atoms with E-state index in [0.717, 1.165) is 11.1 Å². The van der Waals surface area contributed by atoms with Crippen LogP contribution in [0.2, 0.25) is 0 Å². The number of aromatic nitrogens is 2. The smallest absolute Gasteiger partial charge is 0.273 e. The molecule has 0 fully saturated rings. The van der Waals surface area contributed by atoms with Crippen LogP contribution in [0, 0.1) is 0 Å². The molecule has 3 aromatic carbocycles. The predicted molar refractivity (Wildman–Crippen MR) is 131 cm³/mol. The van der Waals surface area contributed by atoms with Crippen LogP contribution >= 0.6 is 0 Å². The summed E-state index contributed by atoms with van der Waals surface area (Å²) in [4.78, 5) is 38.4. The van der Waals surface area contributed by atoms with Crippen molar-refractivity contribution in [1.29, 1.82) is 0 Å². The third-order valence-electron chi connectivity index (χ3n) is 5.63. The highest BCUT2D eigenvalue weighted by molar-refractivity contribution is 6.05. The summed E-state index contributed by atoms with van der Waals surface area (Å²) in [6.07, 6.45) is 0.848. The highest BCUT2D eigenvalue weighted by atomic mass is 16.2. The number of amides is 2. The zero-order valence-electron chi connectivity index (χ0n) is 18.9. The minimum Gasteiger partial charge on any atom is -0.273 e. The van der Waals surface area contributed by atoms with Gasteiger partial charge in [0.05, 0.1) is 5.39 Å². The number of nitrogens with zero attached hydrogens (tertiary/aromatic N) is 2. The Morgan fingerprint density at radius 1 is 0.824 bits per heavy atom. The van der Waals surface area contributed by atoms with Crippen LogP contribution in [-0.2, 0) is 11.3 Å². The standard InChI is InChI=1S/C27H26N4O3/c1-2-17-31-27(34)22-16-10-9-15-21(22)25(30-31)26(33)29-28-24(32)18-23(19-11-5-3-6-12-19)20-13-7-4-8-14-20/h3-16,23H,2,17-18H2,1H3,(H,28,32)(H,29,33). The molecule has 0 unspecified atom stereocenters. The molecular formula is C27H26N4O3. The first-order valence-electron chi connectivity index (χ1n) is 11.3. The van der Waals surface area contributed by atoms with Crippen molar-refractivity contribution < 1.29 is 9.59 Å². The first-order chi connectivity index (χ1) is 16.6. The molecule has 0 spiro atoms. The number of rotatable bonds is 7. The molecule has 0 saturated carbocycles. The predicted octanol–water partition coefficient (Wildman–Crippen LogP) is 3.79. The number of hydrogen-bond donors (Lipinski definition) is 2. The fraction of sp³-hybridized carbons (Fsp3) is 0.185. The lowest BCUT2D eigenvalue weighted by Gasteiger charge is -2.18. The minimum absolute atomic E-state index is 0.0895. The van der Waals surface area contributed by atoms with Crippen LogP contribution in [0.5, 0.6) is 0 Å². The van der Waals surface area contributed by atoms with E-state index in [9.17, 15) is 14.4 Å². The quantitative estimate of drug-likeness (QED) is 0.416. The van der Waals surface area contributed by atoms with Gasteiger partial charge in [0.15, 0.2) is 5.69 Å². The molecule has 2 amide bonds. The van der Waals surface area contributed by atoms with E-state index in [4.69, 9.17) is 0 Å². The Kier molecular flexibility index (Phi) is 7.13. The van der Waals surface area contributed by atoms with Crippen molar-refractivity contribution in [3.63, 3.8) is 0 Å². The molecule has 1 heterocycles. The SMILES string of the molecule is CCCn1nc(C(=O)NNC(=O)CC(c2ccccc2)c2ccccc2)c2ccccc2c1=O. The third kappa shape index (κ3) is 5.04. The lowest BCUT2D eigenvalue weighted by atomic mass is 9.88. The highest BCUT2D eigenvalue weighted by Crippen LogP contribution is 2.27. The molecule has 0 aliphatic rings. The summed E-state index contributed by atoms with van der Waals surface area (Å²) in [5.41, 5.74) is 6.85. The third-order valence-corrected chi connectivity index (χ3v) is 5.63. The average Bonchev–Trinajstić information content (AvgIpc) is 2.88. The van der Waals surface area contributed by atoms with Crippen LogP contribution in [0.4, 0.5) is 0 Å². The van der Waals surface area contributed by atoms with Gasteiger partial charge in [-0.15, -0.1) is 0 Å². The fourth-order valence-corrected chi connectivity index (χ4v) is 3.99. The van der Waals surface area contributed by atoms with Crippen LogP contribution in [-0.4, -0.2) is 21.6 Å². The molecule has 172 valence electrons. The van der Waals surface area contributed by atoms with E-state index in [0.29, 0.717) is 23.7 Å². The van der Waals surface area contributed by atoms with Crippen LogP contribution in [0.1, 0.15) is 47.3 Å². The van der Waals surface area contributed by atoms with Gasteiger partial charge in [0.1, 0.15) is 0 Å². The Morgan fingerprint density at radius 3 is 1.97 bits per heavy atom. The van der Waals surface area contributed by atoms with Crippen molar-refractivity contribution in [3.05, 3.63) is 112 Å². The molecular weight excluding hydrogens is 428 g/mol. The van der Waals surface area contributed by atoms with Crippen LogP contribution < -0.4 is 16.4 Å². The Balaban J connectivity index is 1.53. The molecule has 7 heteroatoms. The number of benzene rings is 3. The van der Waals surface area contributed by atoms with Gasteiger partial charge in [-0.1, -0.05) is 85.8 Å². The van der Waals surface area contributed by atoms with Gasteiger partial charge in [-0.25, -0.2) is 4.68 Å². The van der Waals surface area contributed by atoms with Crippen molar-refractivity contribution in [2.24, 2.45) is 0 Å². The highest BCUT2D eigenvalue weighted by Gasteiger charge is 2.20. The molecule has 1 aromatic heterocycles. The molecule has 0 saturated heterocycles. The molecule has 7 nitrogen and oxygen atoms in total. The van der Waals surface area contributed by atoms with E-state index in [1.807, 2.05) is 67.6 Å². The largest absolute Gasteiger partial charge is 0.290 e. The lowest BCUT2D eigenvalue weighted by molar-refractivity contribution is -0.122. The van der Waals surface area contributed by atoms with Crippen LogP contribution in [0.25, 0.3) is 10.8 Å². The van der Waals surface area contributed by atoms with Crippen molar-refractivity contribution in [2.45, 2.75) is 32.2 Å². The fourth-order valence-electron chi connectivity index (χ4n) is 3.99. The van der Waals surface area contributed by atoms with Gasteiger partial charge in [0.2, 0.25) is 5.91 Å². The Labute approximate surface area is 197 Å². The first-order valence-corrected chi connectivity index (χ1v) is 11.3. The molecule has 0 radical (unpaired) electrons. The van der Waals surface area contributed by atoms with Crippen molar-refractivity contribution in [2.75, 3.05) is 0 Å². The second-order valence-electron chi connectivity index (χ2n) is 8.00. The van der Waals surface area contributed by atoms with Crippen molar-refractivity contribution in [1.82, 2.24) is 20.6 Å². The molecule has 0 bridgehead atoms. The molecule has 34 heavy (non-hydrogen) atoms. The monoisotopic (exact) mass is 454 g/mol. The molecule has 4 aromatic rings. The minimum atomic E-state index is -0.578. The van der Waals surface area contributed by atoms with Gasteiger partial charge in [-0.3, -0.25) is 25.2 Å². The number of carbonyl (C=O) groups excluding carboxylic acids is 2. The van der Waals surface area contributed by atoms with Crippen LogP contribution in [0.3, 0.4) is 0 Å². The summed E-state index contributed by atoms with van der Waals surface area (Å²) in [6.45, 7) is 2.32. The normalized spacial score (nSPS) is 10.9. The van der Waals surface area contributed by atoms with Gasteiger partial charge < -0.3 is 0 Å². The van der Waals surface area contributed by atoms with Crippen molar-refractivity contribution >= 4 is 22.6 Å². The maximum Gasteiger partial charge on any atom is 0.290 e. The number of aryl methyl sites for hydroxylation is 1. The summed E-state index contributed by atoms with van der Waals surface area (Å²) in [7, 11) is 0. The summed E-state index contributed by atoms with van der Waals surface area (Å²) in [6, 6.07) is 26.4. The van der Waals surface area contributed by atoms with E-state index < -0.39 is 5.91 Å². The van der Waals surface area contributed by atoms with Gasteiger partial charge in [0, 0.05) is 24.3 Å². The molecule has 0 aliphatic carbocycles. The number of hydrazine groups is 1. The second kappa shape index (κ2) is 10.6. The van der Waals surface area contributed by atoms with E-state index in [1.165, 1.54) is 4.68 Å². The Bertz CT molecular complexity index is 1310. The zero-order valence-corrected chi connectivity index (χ0v) is 18.9.